The Morgan fingerprint density at radius 2 is 1.81 bits per heavy atom. The molecule has 2 rings (SSSR count). The van der Waals surface area contributed by atoms with Gasteiger partial charge in [0.05, 0.1) is 13.0 Å². The Balaban J connectivity index is 1.84. The average molecular weight is 293 g/mol. The number of amides is 1. The van der Waals surface area contributed by atoms with Crippen LogP contribution in [0.2, 0.25) is 0 Å². The summed E-state index contributed by atoms with van der Waals surface area (Å²) in [6, 6.07) is 0. The van der Waals surface area contributed by atoms with E-state index in [2.05, 4.69) is 25.6 Å². The molecule has 0 aromatic carbocycles. The van der Waals surface area contributed by atoms with Crippen molar-refractivity contribution >= 4 is 5.91 Å². The molecule has 0 aliphatic heterocycles. The smallest absolute Gasteiger partial charge is 0.246 e. The molecule has 0 aliphatic carbocycles. The Morgan fingerprint density at radius 1 is 1.14 bits per heavy atom. The summed E-state index contributed by atoms with van der Waals surface area (Å²) in [5.41, 5.74) is -0.0550. The Bertz CT molecular complexity index is 611. The van der Waals surface area contributed by atoms with Crippen molar-refractivity contribution < 1.29 is 13.8 Å². The minimum absolute atomic E-state index is 0.0453. The van der Waals surface area contributed by atoms with Gasteiger partial charge in [0.25, 0.3) is 0 Å². The van der Waals surface area contributed by atoms with E-state index in [1.807, 2.05) is 20.8 Å². The van der Waals surface area contributed by atoms with Crippen molar-refractivity contribution in [3.05, 3.63) is 23.4 Å². The Labute approximate surface area is 122 Å². The maximum Gasteiger partial charge on any atom is 0.246 e. The number of carbonyl (C=O) groups is 1. The van der Waals surface area contributed by atoms with E-state index in [0.29, 0.717) is 36.3 Å². The molecule has 2 aromatic heterocycles. The number of aryl methyl sites for hydroxylation is 1. The van der Waals surface area contributed by atoms with Crippen LogP contribution in [0.3, 0.4) is 0 Å². The van der Waals surface area contributed by atoms with Crippen LogP contribution in [0.15, 0.2) is 9.05 Å². The fourth-order valence-electron chi connectivity index (χ4n) is 1.71. The predicted molar refractivity (Wildman–Crippen MR) is 72.1 cm³/mol. The van der Waals surface area contributed by atoms with E-state index < -0.39 is 0 Å². The molecule has 0 aliphatic rings. The third-order valence-corrected chi connectivity index (χ3v) is 2.52. The lowest BCUT2D eigenvalue weighted by Crippen LogP contribution is -2.27. The molecule has 1 N–H and O–H groups in total. The first-order valence-corrected chi connectivity index (χ1v) is 6.69. The van der Waals surface area contributed by atoms with Crippen molar-refractivity contribution in [2.24, 2.45) is 5.41 Å². The molecule has 0 spiro atoms. The SMILES string of the molecule is Cc1nc(Cc2noc(CNC(=O)CC(C)(C)C)n2)no1. The van der Waals surface area contributed by atoms with Crippen molar-refractivity contribution in [1.29, 1.82) is 0 Å². The Hall–Kier alpha value is -2.25. The minimum Gasteiger partial charge on any atom is -0.347 e. The zero-order valence-corrected chi connectivity index (χ0v) is 12.6. The van der Waals surface area contributed by atoms with Gasteiger partial charge in [0.2, 0.25) is 17.7 Å². The zero-order chi connectivity index (χ0) is 15.5. The normalized spacial score (nSPS) is 11.6. The number of nitrogens with zero attached hydrogens (tertiary/aromatic N) is 4. The summed E-state index contributed by atoms with van der Waals surface area (Å²) in [5, 5.41) is 10.3. The molecular weight excluding hydrogens is 274 g/mol. The summed E-state index contributed by atoms with van der Waals surface area (Å²) in [7, 11) is 0. The second kappa shape index (κ2) is 6.02. The molecule has 0 fully saturated rings. The molecule has 0 radical (unpaired) electrons. The highest BCUT2D eigenvalue weighted by Crippen LogP contribution is 2.17. The molecule has 0 atom stereocenters. The third kappa shape index (κ3) is 4.97. The first-order valence-electron chi connectivity index (χ1n) is 6.69. The molecule has 0 saturated heterocycles. The van der Waals surface area contributed by atoms with Crippen LogP contribution in [-0.2, 0) is 17.8 Å². The molecule has 8 nitrogen and oxygen atoms in total. The zero-order valence-electron chi connectivity index (χ0n) is 12.6. The second-order valence-corrected chi connectivity index (χ2v) is 6.02. The van der Waals surface area contributed by atoms with Gasteiger partial charge in [0, 0.05) is 13.3 Å². The summed E-state index contributed by atoms with van der Waals surface area (Å²) in [6.07, 6.45) is 0.771. The van der Waals surface area contributed by atoms with Crippen LogP contribution in [-0.4, -0.2) is 26.2 Å². The minimum atomic E-state index is -0.0550. The number of hydrogen-bond donors (Lipinski definition) is 1. The predicted octanol–water partition coefficient (Wildman–Crippen LogP) is 1.40. The van der Waals surface area contributed by atoms with Gasteiger partial charge in [0.15, 0.2) is 11.6 Å². The summed E-state index contributed by atoms with van der Waals surface area (Å²) < 4.78 is 9.93. The first kappa shape index (κ1) is 15.1. The molecule has 21 heavy (non-hydrogen) atoms. The third-order valence-electron chi connectivity index (χ3n) is 2.52. The summed E-state index contributed by atoms with van der Waals surface area (Å²) in [5.74, 6) is 1.75. The molecule has 2 heterocycles. The van der Waals surface area contributed by atoms with Crippen molar-refractivity contribution in [3.8, 4) is 0 Å². The monoisotopic (exact) mass is 293 g/mol. The maximum absolute atomic E-state index is 11.7. The van der Waals surface area contributed by atoms with E-state index in [1.54, 1.807) is 6.92 Å². The van der Waals surface area contributed by atoms with E-state index in [9.17, 15) is 4.79 Å². The van der Waals surface area contributed by atoms with Gasteiger partial charge in [-0.25, -0.2) is 0 Å². The summed E-state index contributed by atoms with van der Waals surface area (Å²) in [4.78, 5) is 19.9. The second-order valence-electron chi connectivity index (χ2n) is 6.02. The molecule has 0 bridgehead atoms. The maximum atomic E-state index is 11.7. The van der Waals surface area contributed by atoms with Gasteiger partial charge in [-0.15, -0.1) is 0 Å². The van der Waals surface area contributed by atoms with Gasteiger partial charge in [-0.1, -0.05) is 31.1 Å². The number of aromatic nitrogens is 4. The van der Waals surface area contributed by atoms with E-state index in [4.69, 9.17) is 9.05 Å². The molecule has 0 unspecified atom stereocenters. The van der Waals surface area contributed by atoms with Gasteiger partial charge in [-0.3, -0.25) is 4.79 Å². The molecule has 1 amide bonds. The van der Waals surface area contributed by atoms with Crippen molar-refractivity contribution in [2.75, 3.05) is 0 Å². The largest absolute Gasteiger partial charge is 0.347 e. The van der Waals surface area contributed by atoms with E-state index in [0.717, 1.165) is 0 Å². The Morgan fingerprint density at radius 3 is 2.43 bits per heavy atom. The van der Waals surface area contributed by atoms with Gasteiger partial charge >= 0.3 is 0 Å². The highest BCUT2D eigenvalue weighted by molar-refractivity contribution is 5.76. The molecule has 0 saturated carbocycles. The number of carbonyl (C=O) groups excluding carboxylic acids is 1. The van der Waals surface area contributed by atoms with Crippen LogP contribution >= 0.6 is 0 Å². The van der Waals surface area contributed by atoms with Crippen LogP contribution in [0.4, 0.5) is 0 Å². The lowest BCUT2D eigenvalue weighted by atomic mass is 9.92. The molecule has 8 heteroatoms. The topological polar surface area (TPSA) is 107 Å². The van der Waals surface area contributed by atoms with Crippen molar-refractivity contribution in [2.45, 2.75) is 47.1 Å². The van der Waals surface area contributed by atoms with Crippen LogP contribution in [0, 0.1) is 12.3 Å². The molecular formula is C13H19N5O3. The lowest BCUT2D eigenvalue weighted by Gasteiger charge is -2.16. The van der Waals surface area contributed by atoms with Gasteiger partial charge < -0.3 is 14.4 Å². The van der Waals surface area contributed by atoms with E-state index in [1.165, 1.54) is 0 Å². The fourth-order valence-corrected chi connectivity index (χ4v) is 1.71. The van der Waals surface area contributed by atoms with Crippen molar-refractivity contribution in [3.63, 3.8) is 0 Å². The van der Waals surface area contributed by atoms with E-state index in [-0.39, 0.29) is 17.9 Å². The highest BCUT2D eigenvalue weighted by Gasteiger charge is 2.17. The lowest BCUT2D eigenvalue weighted by molar-refractivity contribution is -0.123. The number of hydrogen-bond acceptors (Lipinski definition) is 7. The van der Waals surface area contributed by atoms with Crippen LogP contribution in [0.5, 0.6) is 0 Å². The van der Waals surface area contributed by atoms with Gasteiger partial charge in [-0.2, -0.15) is 9.97 Å². The quantitative estimate of drug-likeness (QED) is 0.887. The van der Waals surface area contributed by atoms with Crippen LogP contribution in [0.1, 0.15) is 50.6 Å². The standard InChI is InChI=1S/C13H19N5O3/c1-8-15-9(17-20-8)5-10-16-12(21-18-10)7-14-11(19)6-13(2,3)4/h5-7H2,1-4H3,(H,14,19). The average Bonchev–Trinajstić information content (AvgIpc) is 2.95. The van der Waals surface area contributed by atoms with Gasteiger partial charge in [-0.05, 0) is 5.41 Å². The molecule has 2 aromatic rings. The van der Waals surface area contributed by atoms with Gasteiger partial charge in [0.1, 0.15) is 0 Å². The van der Waals surface area contributed by atoms with E-state index >= 15 is 0 Å². The number of rotatable bonds is 5. The van der Waals surface area contributed by atoms with Crippen LogP contribution in [0.25, 0.3) is 0 Å². The Kier molecular flexibility index (Phi) is 4.35. The van der Waals surface area contributed by atoms with Crippen LogP contribution < -0.4 is 5.32 Å². The summed E-state index contributed by atoms with van der Waals surface area (Å²) in [6.45, 7) is 7.94. The highest BCUT2D eigenvalue weighted by atomic mass is 16.5. The van der Waals surface area contributed by atoms with Crippen molar-refractivity contribution in [1.82, 2.24) is 25.6 Å². The summed E-state index contributed by atoms with van der Waals surface area (Å²) >= 11 is 0. The number of nitrogens with one attached hydrogen (secondary N) is 1. The fraction of sp³-hybridized carbons (Fsp3) is 0.615. The first-order chi connectivity index (χ1) is 9.82. The molecule has 114 valence electrons.